The average Bonchev–Trinajstić information content (AvgIpc) is 2.79. The number of benzene rings is 1. The monoisotopic (exact) mass is 439 g/mol. The summed E-state index contributed by atoms with van der Waals surface area (Å²) in [4.78, 5) is 15.8. The van der Waals surface area contributed by atoms with Crippen molar-refractivity contribution in [1.29, 1.82) is 0 Å². The Labute approximate surface area is 191 Å². The summed E-state index contributed by atoms with van der Waals surface area (Å²) in [5.41, 5.74) is 3.18. The lowest BCUT2D eigenvalue weighted by molar-refractivity contribution is -0.511. The maximum atomic E-state index is 6.08. The summed E-state index contributed by atoms with van der Waals surface area (Å²) in [5, 5.41) is 8.94. The van der Waals surface area contributed by atoms with Gasteiger partial charge in [-0.2, -0.15) is 0 Å². The van der Waals surface area contributed by atoms with E-state index in [0.717, 1.165) is 31.2 Å². The second kappa shape index (κ2) is 8.90. The van der Waals surface area contributed by atoms with Crippen LogP contribution in [-0.2, 0) is 14.5 Å². The molecule has 32 heavy (non-hydrogen) atoms. The van der Waals surface area contributed by atoms with E-state index in [4.69, 9.17) is 14.5 Å². The zero-order valence-corrected chi connectivity index (χ0v) is 19.7. The Morgan fingerprint density at radius 1 is 0.906 bits per heavy atom. The fraction of sp³-hybridized carbons (Fsp3) is 0.654. The SMILES string of the molecule is Cc1ccc2c(NC3CCC(NC4CCC5(CC4)OCC(C)(C)OO5)CC3)ccnc2c1. The van der Waals surface area contributed by atoms with E-state index in [1.165, 1.54) is 42.3 Å². The third-order valence-electron chi connectivity index (χ3n) is 7.31. The van der Waals surface area contributed by atoms with Gasteiger partial charge in [0, 0.05) is 48.2 Å². The first kappa shape index (κ1) is 22.1. The number of fused-ring (bicyclic) bond motifs is 1. The van der Waals surface area contributed by atoms with Gasteiger partial charge < -0.3 is 15.4 Å². The number of pyridine rings is 1. The highest BCUT2D eigenvalue weighted by molar-refractivity contribution is 5.91. The molecule has 1 aromatic carbocycles. The minimum Gasteiger partial charge on any atom is -0.382 e. The van der Waals surface area contributed by atoms with E-state index in [9.17, 15) is 0 Å². The van der Waals surface area contributed by atoms with Crippen LogP contribution in [0.4, 0.5) is 5.69 Å². The minimum absolute atomic E-state index is 0.353. The van der Waals surface area contributed by atoms with Gasteiger partial charge in [0.25, 0.3) is 0 Å². The van der Waals surface area contributed by atoms with E-state index in [0.29, 0.717) is 24.7 Å². The maximum Gasteiger partial charge on any atom is 0.201 e. The van der Waals surface area contributed by atoms with Gasteiger partial charge in [-0.05, 0) is 77.0 Å². The van der Waals surface area contributed by atoms with Crippen molar-refractivity contribution in [3.05, 3.63) is 36.0 Å². The fourth-order valence-electron chi connectivity index (χ4n) is 5.34. The number of rotatable bonds is 4. The number of nitrogens with one attached hydrogen (secondary N) is 2. The second-order valence-corrected chi connectivity index (χ2v) is 10.6. The lowest BCUT2D eigenvalue weighted by Crippen LogP contribution is -2.53. The normalized spacial score (nSPS) is 32.8. The first-order valence-electron chi connectivity index (χ1n) is 12.3. The molecule has 0 unspecified atom stereocenters. The lowest BCUT2D eigenvalue weighted by atomic mass is 9.86. The molecule has 3 aliphatic rings. The molecule has 0 radical (unpaired) electrons. The molecule has 1 aromatic heterocycles. The minimum atomic E-state index is -0.527. The van der Waals surface area contributed by atoms with Crippen molar-refractivity contribution in [3.63, 3.8) is 0 Å². The zero-order valence-electron chi connectivity index (χ0n) is 19.7. The quantitative estimate of drug-likeness (QED) is 0.634. The van der Waals surface area contributed by atoms with E-state index in [2.05, 4.69) is 46.8 Å². The van der Waals surface area contributed by atoms with E-state index in [1.54, 1.807) is 0 Å². The predicted octanol–water partition coefficient (Wildman–Crippen LogP) is 5.25. The molecule has 5 rings (SSSR count). The van der Waals surface area contributed by atoms with Crippen LogP contribution in [0.5, 0.6) is 0 Å². The topological polar surface area (TPSA) is 64.6 Å². The lowest BCUT2D eigenvalue weighted by Gasteiger charge is -2.45. The van der Waals surface area contributed by atoms with Crippen LogP contribution >= 0.6 is 0 Å². The van der Waals surface area contributed by atoms with Gasteiger partial charge in [0.1, 0.15) is 5.60 Å². The number of hydrogen-bond acceptors (Lipinski definition) is 6. The summed E-state index contributed by atoms with van der Waals surface area (Å²) in [7, 11) is 0. The van der Waals surface area contributed by atoms with Crippen molar-refractivity contribution in [2.75, 3.05) is 11.9 Å². The van der Waals surface area contributed by atoms with Gasteiger partial charge in [0.05, 0.1) is 12.1 Å². The van der Waals surface area contributed by atoms with Gasteiger partial charge >= 0.3 is 0 Å². The summed E-state index contributed by atoms with van der Waals surface area (Å²) >= 11 is 0. The van der Waals surface area contributed by atoms with Crippen LogP contribution in [0.25, 0.3) is 10.9 Å². The zero-order chi connectivity index (χ0) is 22.2. The molecule has 0 amide bonds. The molecule has 2 heterocycles. The predicted molar refractivity (Wildman–Crippen MR) is 126 cm³/mol. The Morgan fingerprint density at radius 2 is 1.62 bits per heavy atom. The van der Waals surface area contributed by atoms with Gasteiger partial charge in [0.15, 0.2) is 0 Å². The highest BCUT2D eigenvalue weighted by Crippen LogP contribution is 2.38. The molecular formula is C26H37N3O3. The van der Waals surface area contributed by atoms with Crippen LogP contribution in [0.3, 0.4) is 0 Å². The third-order valence-corrected chi connectivity index (χ3v) is 7.31. The number of nitrogens with zero attached hydrogens (tertiary/aromatic N) is 1. The molecule has 2 N–H and O–H groups in total. The molecule has 174 valence electrons. The fourth-order valence-corrected chi connectivity index (χ4v) is 5.34. The van der Waals surface area contributed by atoms with Crippen LogP contribution in [0.15, 0.2) is 30.5 Å². The Hall–Kier alpha value is -1.73. The number of aryl methyl sites for hydroxylation is 1. The molecule has 1 spiro atoms. The highest BCUT2D eigenvalue weighted by atomic mass is 17.2. The maximum absolute atomic E-state index is 6.08. The average molecular weight is 440 g/mol. The van der Waals surface area contributed by atoms with Crippen LogP contribution in [0.2, 0.25) is 0 Å². The molecule has 6 heteroatoms. The number of hydrogen-bond donors (Lipinski definition) is 2. The molecule has 3 fully saturated rings. The van der Waals surface area contributed by atoms with Gasteiger partial charge in [-0.25, -0.2) is 9.78 Å². The van der Waals surface area contributed by atoms with Crippen molar-refractivity contribution in [1.82, 2.24) is 10.3 Å². The first-order valence-corrected chi connectivity index (χ1v) is 12.3. The number of aromatic nitrogens is 1. The molecule has 2 aromatic rings. The van der Waals surface area contributed by atoms with Crippen LogP contribution < -0.4 is 10.6 Å². The van der Waals surface area contributed by atoms with Gasteiger partial charge in [-0.15, -0.1) is 0 Å². The number of ether oxygens (including phenoxy) is 1. The molecule has 0 atom stereocenters. The van der Waals surface area contributed by atoms with Crippen molar-refractivity contribution >= 4 is 16.6 Å². The highest BCUT2D eigenvalue weighted by Gasteiger charge is 2.45. The molecule has 1 aliphatic heterocycles. The van der Waals surface area contributed by atoms with Crippen LogP contribution in [-0.4, -0.2) is 41.1 Å². The van der Waals surface area contributed by atoms with Crippen molar-refractivity contribution in [2.24, 2.45) is 0 Å². The molecular weight excluding hydrogens is 402 g/mol. The Morgan fingerprint density at radius 3 is 2.34 bits per heavy atom. The molecule has 2 saturated carbocycles. The first-order chi connectivity index (χ1) is 15.4. The Kier molecular flexibility index (Phi) is 6.14. The summed E-state index contributed by atoms with van der Waals surface area (Å²) in [6, 6.07) is 10.3. The van der Waals surface area contributed by atoms with Crippen molar-refractivity contribution in [2.45, 2.75) is 102 Å². The summed E-state index contributed by atoms with van der Waals surface area (Å²) in [6.45, 7) is 6.70. The van der Waals surface area contributed by atoms with Gasteiger partial charge in [0.2, 0.25) is 5.79 Å². The third kappa shape index (κ3) is 4.93. The molecule has 1 saturated heterocycles. The molecule has 2 aliphatic carbocycles. The van der Waals surface area contributed by atoms with E-state index in [1.807, 2.05) is 20.0 Å². The van der Waals surface area contributed by atoms with E-state index < -0.39 is 5.79 Å². The summed E-state index contributed by atoms with van der Waals surface area (Å²) in [6.07, 6.45) is 10.7. The molecule has 6 nitrogen and oxygen atoms in total. The van der Waals surface area contributed by atoms with Crippen molar-refractivity contribution in [3.8, 4) is 0 Å². The van der Waals surface area contributed by atoms with Gasteiger partial charge in [-0.1, -0.05) is 12.1 Å². The van der Waals surface area contributed by atoms with Crippen LogP contribution in [0, 0.1) is 6.92 Å². The smallest absolute Gasteiger partial charge is 0.201 e. The molecule has 0 bridgehead atoms. The summed E-state index contributed by atoms with van der Waals surface area (Å²) in [5.74, 6) is -0.527. The van der Waals surface area contributed by atoms with E-state index >= 15 is 0 Å². The standard InChI is InChI=1S/C26H37N3O3/c1-18-4-9-22-23(12-15-27-24(22)16-18)29-20-7-5-19(6-8-20)28-21-10-13-26(14-11-21)30-17-25(2,3)31-32-26/h4,9,12,15-16,19-21,28H,5-8,10-11,13-14,17H2,1-3H3,(H,27,29). The Bertz CT molecular complexity index is 919. The van der Waals surface area contributed by atoms with E-state index in [-0.39, 0.29) is 5.60 Å². The largest absolute Gasteiger partial charge is 0.382 e. The Balaban J connectivity index is 1.09. The van der Waals surface area contributed by atoms with Crippen LogP contribution in [0.1, 0.15) is 70.8 Å². The second-order valence-electron chi connectivity index (χ2n) is 10.6. The van der Waals surface area contributed by atoms with Gasteiger partial charge in [-0.3, -0.25) is 4.98 Å². The number of anilines is 1. The summed E-state index contributed by atoms with van der Waals surface area (Å²) < 4.78 is 6.08. The van der Waals surface area contributed by atoms with Crippen molar-refractivity contribution < 1.29 is 14.5 Å².